The molecule has 1 rings (SSSR count). The van der Waals surface area contributed by atoms with Crippen LogP contribution in [0.5, 0.6) is 0 Å². The van der Waals surface area contributed by atoms with Crippen LogP contribution in [0.25, 0.3) is 0 Å². The Bertz CT molecular complexity index is 362. The SMILES string of the molecule is CC(C)NCC(=O)Nc1c(F)cccc1Br. The molecule has 1 amide bonds. The lowest BCUT2D eigenvalue weighted by atomic mass is 10.3. The van der Waals surface area contributed by atoms with E-state index in [0.717, 1.165) is 0 Å². The maximum atomic E-state index is 13.3. The standard InChI is InChI=1S/C11H14BrFN2O/c1-7(2)14-6-10(16)15-11-8(12)4-3-5-9(11)13/h3-5,7,14H,6H2,1-2H3,(H,15,16). The average molecular weight is 289 g/mol. The van der Waals surface area contributed by atoms with Crippen molar-refractivity contribution in [3.63, 3.8) is 0 Å². The van der Waals surface area contributed by atoms with E-state index in [2.05, 4.69) is 26.6 Å². The number of carbonyl (C=O) groups is 1. The molecule has 0 heterocycles. The molecule has 0 saturated heterocycles. The van der Waals surface area contributed by atoms with E-state index in [1.165, 1.54) is 6.07 Å². The fourth-order valence-electron chi connectivity index (χ4n) is 1.10. The van der Waals surface area contributed by atoms with Gasteiger partial charge in [-0.15, -0.1) is 0 Å². The number of hydrogen-bond acceptors (Lipinski definition) is 2. The summed E-state index contributed by atoms with van der Waals surface area (Å²) in [6.07, 6.45) is 0. The molecule has 1 aromatic rings. The van der Waals surface area contributed by atoms with E-state index < -0.39 is 5.82 Å². The molecule has 2 N–H and O–H groups in total. The number of benzene rings is 1. The third-order valence-electron chi connectivity index (χ3n) is 1.90. The van der Waals surface area contributed by atoms with Crippen molar-refractivity contribution in [2.45, 2.75) is 19.9 Å². The molecule has 0 atom stereocenters. The van der Waals surface area contributed by atoms with E-state index in [1.807, 2.05) is 13.8 Å². The highest BCUT2D eigenvalue weighted by Crippen LogP contribution is 2.24. The Morgan fingerprint density at radius 3 is 2.75 bits per heavy atom. The second kappa shape index (κ2) is 5.96. The van der Waals surface area contributed by atoms with Crippen LogP contribution in [0.3, 0.4) is 0 Å². The van der Waals surface area contributed by atoms with Crippen LogP contribution in [0.4, 0.5) is 10.1 Å². The van der Waals surface area contributed by atoms with Crippen LogP contribution in [-0.2, 0) is 4.79 Å². The summed E-state index contributed by atoms with van der Waals surface area (Å²) in [6.45, 7) is 4.04. The Hall–Kier alpha value is -0.940. The van der Waals surface area contributed by atoms with Crippen molar-refractivity contribution in [3.05, 3.63) is 28.5 Å². The van der Waals surface area contributed by atoms with Gasteiger partial charge in [0.25, 0.3) is 0 Å². The molecule has 16 heavy (non-hydrogen) atoms. The Labute approximate surface area is 103 Å². The number of amides is 1. The second-order valence-electron chi connectivity index (χ2n) is 3.68. The Kier molecular flexibility index (Phi) is 4.89. The van der Waals surface area contributed by atoms with Gasteiger partial charge in [0.05, 0.1) is 12.2 Å². The molecule has 0 aliphatic carbocycles. The highest BCUT2D eigenvalue weighted by atomic mass is 79.9. The molecule has 1 aromatic carbocycles. The number of carbonyl (C=O) groups excluding carboxylic acids is 1. The third-order valence-corrected chi connectivity index (χ3v) is 2.56. The van der Waals surface area contributed by atoms with Crippen molar-refractivity contribution in [2.24, 2.45) is 0 Å². The summed E-state index contributed by atoms with van der Waals surface area (Å²) in [4.78, 5) is 11.5. The van der Waals surface area contributed by atoms with Gasteiger partial charge in [0.1, 0.15) is 5.82 Å². The van der Waals surface area contributed by atoms with E-state index in [4.69, 9.17) is 0 Å². The molecule has 0 saturated carbocycles. The van der Waals surface area contributed by atoms with Crippen LogP contribution in [0.15, 0.2) is 22.7 Å². The van der Waals surface area contributed by atoms with Crippen LogP contribution >= 0.6 is 15.9 Å². The molecule has 0 spiro atoms. The van der Waals surface area contributed by atoms with Gasteiger partial charge < -0.3 is 10.6 Å². The first-order valence-corrected chi connectivity index (χ1v) is 5.77. The van der Waals surface area contributed by atoms with Gasteiger partial charge in [0.2, 0.25) is 5.91 Å². The quantitative estimate of drug-likeness (QED) is 0.894. The zero-order chi connectivity index (χ0) is 12.1. The summed E-state index contributed by atoms with van der Waals surface area (Å²) in [7, 11) is 0. The molecule has 5 heteroatoms. The minimum absolute atomic E-state index is 0.165. The number of para-hydroxylation sites is 1. The summed E-state index contributed by atoms with van der Waals surface area (Å²) in [5.41, 5.74) is 0.179. The first-order valence-electron chi connectivity index (χ1n) is 4.98. The highest BCUT2D eigenvalue weighted by Gasteiger charge is 2.10. The Morgan fingerprint density at radius 2 is 2.19 bits per heavy atom. The molecule has 0 aliphatic rings. The van der Waals surface area contributed by atoms with Crippen molar-refractivity contribution >= 4 is 27.5 Å². The van der Waals surface area contributed by atoms with E-state index >= 15 is 0 Å². The Morgan fingerprint density at radius 1 is 1.50 bits per heavy atom. The number of rotatable bonds is 4. The smallest absolute Gasteiger partial charge is 0.238 e. The molecular formula is C11H14BrFN2O. The van der Waals surface area contributed by atoms with Crippen molar-refractivity contribution in [1.82, 2.24) is 5.32 Å². The summed E-state index contributed by atoms with van der Waals surface area (Å²) in [5, 5.41) is 5.47. The minimum atomic E-state index is -0.452. The molecule has 3 nitrogen and oxygen atoms in total. The number of anilines is 1. The van der Waals surface area contributed by atoms with Crippen molar-refractivity contribution in [1.29, 1.82) is 0 Å². The number of hydrogen-bond donors (Lipinski definition) is 2. The van der Waals surface area contributed by atoms with Crippen LogP contribution in [0.1, 0.15) is 13.8 Å². The van der Waals surface area contributed by atoms with Gasteiger partial charge in [-0.05, 0) is 28.1 Å². The first kappa shape index (κ1) is 13.1. The van der Waals surface area contributed by atoms with Gasteiger partial charge in [-0.2, -0.15) is 0 Å². The third kappa shape index (κ3) is 3.90. The van der Waals surface area contributed by atoms with Crippen LogP contribution < -0.4 is 10.6 Å². The van der Waals surface area contributed by atoms with E-state index in [-0.39, 0.29) is 24.2 Å². The molecule has 0 fully saturated rings. The molecule has 0 aliphatic heterocycles. The summed E-state index contributed by atoms with van der Waals surface area (Å²) in [6, 6.07) is 4.77. The van der Waals surface area contributed by atoms with Crippen molar-refractivity contribution in [2.75, 3.05) is 11.9 Å². The molecule has 88 valence electrons. The zero-order valence-electron chi connectivity index (χ0n) is 9.18. The lowest BCUT2D eigenvalue weighted by molar-refractivity contribution is -0.115. The fourth-order valence-corrected chi connectivity index (χ4v) is 1.54. The van der Waals surface area contributed by atoms with Gasteiger partial charge in [0.15, 0.2) is 0 Å². The van der Waals surface area contributed by atoms with Crippen molar-refractivity contribution in [3.8, 4) is 0 Å². The topological polar surface area (TPSA) is 41.1 Å². The predicted octanol–water partition coefficient (Wildman–Crippen LogP) is 2.52. The first-order chi connectivity index (χ1) is 7.50. The lowest BCUT2D eigenvalue weighted by Gasteiger charge is -2.10. The lowest BCUT2D eigenvalue weighted by Crippen LogP contribution is -2.32. The summed E-state index contributed by atoms with van der Waals surface area (Å²) in [5.74, 6) is -0.716. The van der Waals surface area contributed by atoms with E-state index in [9.17, 15) is 9.18 Å². The summed E-state index contributed by atoms with van der Waals surface area (Å²) < 4.78 is 13.9. The molecule has 0 aromatic heterocycles. The largest absolute Gasteiger partial charge is 0.322 e. The number of halogens is 2. The molecular weight excluding hydrogens is 275 g/mol. The predicted molar refractivity (Wildman–Crippen MR) is 65.9 cm³/mol. The van der Waals surface area contributed by atoms with E-state index in [1.54, 1.807) is 12.1 Å². The van der Waals surface area contributed by atoms with Gasteiger partial charge >= 0.3 is 0 Å². The molecule has 0 unspecified atom stereocenters. The van der Waals surface area contributed by atoms with Gasteiger partial charge in [0, 0.05) is 10.5 Å². The maximum absolute atomic E-state index is 13.3. The highest BCUT2D eigenvalue weighted by molar-refractivity contribution is 9.10. The molecule has 0 bridgehead atoms. The average Bonchev–Trinajstić information content (AvgIpc) is 2.21. The Balaban J connectivity index is 2.63. The number of nitrogens with one attached hydrogen (secondary N) is 2. The van der Waals surface area contributed by atoms with E-state index in [0.29, 0.717) is 4.47 Å². The fraction of sp³-hybridized carbons (Fsp3) is 0.364. The van der Waals surface area contributed by atoms with Crippen LogP contribution in [0.2, 0.25) is 0 Å². The van der Waals surface area contributed by atoms with Gasteiger partial charge in [-0.25, -0.2) is 4.39 Å². The normalized spacial score (nSPS) is 10.6. The monoisotopic (exact) mass is 288 g/mol. The minimum Gasteiger partial charge on any atom is -0.322 e. The second-order valence-corrected chi connectivity index (χ2v) is 4.53. The van der Waals surface area contributed by atoms with Gasteiger partial charge in [-0.3, -0.25) is 4.79 Å². The molecule has 0 radical (unpaired) electrons. The van der Waals surface area contributed by atoms with Crippen molar-refractivity contribution < 1.29 is 9.18 Å². The van der Waals surface area contributed by atoms with Crippen LogP contribution in [-0.4, -0.2) is 18.5 Å². The maximum Gasteiger partial charge on any atom is 0.238 e. The van der Waals surface area contributed by atoms with Crippen LogP contribution in [0, 0.1) is 5.82 Å². The summed E-state index contributed by atoms with van der Waals surface area (Å²) >= 11 is 3.18. The van der Waals surface area contributed by atoms with Gasteiger partial charge in [-0.1, -0.05) is 19.9 Å². The zero-order valence-corrected chi connectivity index (χ0v) is 10.8.